The maximum absolute atomic E-state index is 6.33. The predicted molar refractivity (Wildman–Crippen MR) is 94.4 cm³/mol. The second-order valence-corrected chi connectivity index (χ2v) is 6.26. The Balaban J connectivity index is 2.25. The standard InChI is InChI=1S/C18H24N4/c19-14-8-4-6-12(16(14)21)18(10-2-1-3-11-18)13-7-5-9-15(20)17(13)22/h4-9H,1-3,10-11,19-22H2. The smallest absolute Gasteiger partial charge is 0.0589 e. The van der Waals surface area contributed by atoms with E-state index in [-0.39, 0.29) is 5.41 Å². The van der Waals surface area contributed by atoms with Gasteiger partial charge in [0.2, 0.25) is 0 Å². The van der Waals surface area contributed by atoms with Gasteiger partial charge in [0.1, 0.15) is 0 Å². The van der Waals surface area contributed by atoms with Crippen LogP contribution in [0.3, 0.4) is 0 Å². The lowest BCUT2D eigenvalue weighted by Crippen LogP contribution is -2.32. The van der Waals surface area contributed by atoms with Crippen LogP contribution in [0, 0.1) is 0 Å². The highest BCUT2D eigenvalue weighted by Crippen LogP contribution is 2.50. The Morgan fingerprint density at radius 2 is 1.09 bits per heavy atom. The molecule has 2 aromatic rings. The lowest BCUT2D eigenvalue weighted by atomic mass is 9.64. The van der Waals surface area contributed by atoms with Crippen LogP contribution in [0.5, 0.6) is 0 Å². The molecule has 3 rings (SSSR count). The van der Waals surface area contributed by atoms with Gasteiger partial charge in [0.25, 0.3) is 0 Å². The first-order valence-electron chi connectivity index (χ1n) is 7.85. The van der Waals surface area contributed by atoms with Gasteiger partial charge in [0.05, 0.1) is 22.7 Å². The van der Waals surface area contributed by atoms with Gasteiger partial charge in [0.15, 0.2) is 0 Å². The normalized spacial score (nSPS) is 17.3. The van der Waals surface area contributed by atoms with Gasteiger partial charge < -0.3 is 22.9 Å². The molecular formula is C18H24N4. The lowest BCUT2D eigenvalue weighted by Gasteiger charge is -2.40. The van der Waals surface area contributed by atoms with Crippen LogP contribution in [0.1, 0.15) is 43.2 Å². The number of hydrogen-bond donors (Lipinski definition) is 4. The summed E-state index contributed by atoms with van der Waals surface area (Å²) in [7, 11) is 0. The Bertz CT molecular complexity index is 634. The molecule has 0 aromatic heterocycles. The van der Waals surface area contributed by atoms with Gasteiger partial charge >= 0.3 is 0 Å². The highest BCUT2D eigenvalue weighted by atomic mass is 14.7. The summed E-state index contributed by atoms with van der Waals surface area (Å²) >= 11 is 0. The number of rotatable bonds is 2. The van der Waals surface area contributed by atoms with E-state index in [1.54, 1.807) is 0 Å². The molecule has 0 radical (unpaired) electrons. The Morgan fingerprint density at radius 3 is 1.55 bits per heavy atom. The first kappa shape index (κ1) is 14.6. The van der Waals surface area contributed by atoms with Gasteiger partial charge in [-0.25, -0.2) is 0 Å². The molecule has 0 heterocycles. The molecule has 1 saturated carbocycles. The lowest BCUT2D eigenvalue weighted by molar-refractivity contribution is 0.348. The number of para-hydroxylation sites is 2. The summed E-state index contributed by atoms with van der Waals surface area (Å²) in [6.07, 6.45) is 5.60. The third-order valence-electron chi connectivity index (χ3n) is 5.02. The number of hydrogen-bond acceptors (Lipinski definition) is 4. The maximum Gasteiger partial charge on any atom is 0.0589 e. The molecule has 0 saturated heterocycles. The van der Waals surface area contributed by atoms with E-state index in [1.165, 1.54) is 6.42 Å². The molecule has 1 fully saturated rings. The summed E-state index contributed by atoms with van der Waals surface area (Å²) < 4.78 is 0. The van der Waals surface area contributed by atoms with Crippen molar-refractivity contribution in [1.82, 2.24) is 0 Å². The first-order chi connectivity index (χ1) is 10.6. The van der Waals surface area contributed by atoms with Crippen molar-refractivity contribution in [2.24, 2.45) is 0 Å². The molecule has 0 spiro atoms. The van der Waals surface area contributed by atoms with Crippen molar-refractivity contribution in [1.29, 1.82) is 0 Å². The second-order valence-electron chi connectivity index (χ2n) is 6.26. The third kappa shape index (κ3) is 2.15. The van der Waals surface area contributed by atoms with Crippen molar-refractivity contribution in [3.63, 3.8) is 0 Å². The van der Waals surface area contributed by atoms with E-state index in [0.717, 1.165) is 36.8 Å². The van der Waals surface area contributed by atoms with Gasteiger partial charge in [-0.15, -0.1) is 0 Å². The van der Waals surface area contributed by atoms with E-state index in [9.17, 15) is 0 Å². The molecule has 0 aliphatic heterocycles. The average molecular weight is 296 g/mol. The van der Waals surface area contributed by atoms with Crippen molar-refractivity contribution < 1.29 is 0 Å². The van der Waals surface area contributed by atoms with Crippen LogP contribution in [0.4, 0.5) is 22.7 Å². The van der Waals surface area contributed by atoms with E-state index in [2.05, 4.69) is 12.1 Å². The summed E-state index contributed by atoms with van der Waals surface area (Å²) in [6.45, 7) is 0. The third-order valence-corrected chi connectivity index (χ3v) is 5.02. The fourth-order valence-electron chi connectivity index (χ4n) is 3.84. The van der Waals surface area contributed by atoms with Crippen molar-refractivity contribution in [2.75, 3.05) is 22.9 Å². The molecule has 0 atom stereocenters. The summed E-state index contributed by atoms with van der Waals surface area (Å²) in [5.41, 5.74) is 29.4. The molecule has 1 aliphatic carbocycles. The first-order valence-corrected chi connectivity index (χ1v) is 7.85. The van der Waals surface area contributed by atoms with Crippen molar-refractivity contribution in [3.05, 3.63) is 47.5 Å². The predicted octanol–water partition coefficient (Wildman–Crippen LogP) is 3.27. The van der Waals surface area contributed by atoms with Crippen LogP contribution >= 0.6 is 0 Å². The number of nitrogens with two attached hydrogens (primary N) is 4. The van der Waals surface area contributed by atoms with Gasteiger partial charge in [-0.3, -0.25) is 0 Å². The Labute approximate surface area is 131 Å². The van der Waals surface area contributed by atoms with E-state index < -0.39 is 0 Å². The Morgan fingerprint density at radius 1 is 0.636 bits per heavy atom. The van der Waals surface area contributed by atoms with Crippen molar-refractivity contribution in [3.8, 4) is 0 Å². The molecule has 2 aromatic carbocycles. The van der Waals surface area contributed by atoms with E-state index in [1.807, 2.05) is 24.3 Å². The zero-order valence-corrected chi connectivity index (χ0v) is 12.8. The van der Waals surface area contributed by atoms with Crippen LogP contribution in [-0.2, 0) is 5.41 Å². The maximum atomic E-state index is 6.33. The highest BCUT2D eigenvalue weighted by Gasteiger charge is 2.39. The summed E-state index contributed by atoms with van der Waals surface area (Å²) in [5.74, 6) is 0. The van der Waals surface area contributed by atoms with Gasteiger partial charge in [-0.1, -0.05) is 43.5 Å². The zero-order chi connectivity index (χ0) is 15.7. The molecule has 116 valence electrons. The number of anilines is 4. The molecule has 22 heavy (non-hydrogen) atoms. The minimum atomic E-state index is -0.183. The fourth-order valence-corrected chi connectivity index (χ4v) is 3.84. The second kappa shape index (κ2) is 5.44. The largest absolute Gasteiger partial charge is 0.397 e. The highest BCUT2D eigenvalue weighted by molar-refractivity contribution is 5.75. The Kier molecular flexibility index (Phi) is 3.61. The molecule has 1 aliphatic rings. The number of benzene rings is 2. The van der Waals surface area contributed by atoms with Crippen LogP contribution in [0.25, 0.3) is 0 Å². The molecule has 4 nitrogen and oxygen atoms in total. The fraction of sp³-hybridized carbons (Fsp3) is 0.333. The van der Waals surface area contributed by atoms with Crippen molar-refractivity contribution in [2.45, 2.75) is 37.5 Å². The van der Waals surface area contributed by atoms with E-state index in [4.69, 9.17) is 22.9 Å². The van der Waals surface area contributed by atoms with Crippen molar-refractivity contribution >= 4 is 22.7 Å². The molecule has 4 heteroatoms. The van der Waals surface area contributed by atoms with Crippen LogP contribution < -0.4 is 22.9 Å². The van der Waals surface area contributed by atoms with E-state index in [0.29, 0.717) is 22.7 Å². The minimum Gasteiger partial charge on any atom is -0.397 e. The SMILES string of the molecule is Nc1cccc(C2(c3cccc(N)c3N)CCCCC2)c1N. The molecular weight excluding hydrogens is 272 g/mol. The van der Waals surface area contributed by atoms with Gasteiger partial charge in [-0.05, 0) is 36.1 Å². The number of nitrogen functional groups attached to an aromatic ring is 4. The van der Waals surface area contributed by atoms with Gasteiger partial charge in [-0.2, -0.15) is 0 Å². The van der Waals surface area contributed by atoms with Crippen LogP contribution in [-0.4, -0.2) is 0 Å². The summed E-state index contributed by atoms with van der Waals surface area (Å²) in [6, 6.07) is 11.8. The molecule has 8 N–H and O–H groups in total. The quantitative estimate of drug-likeness (QED) is 0.638. The van der Waals surface area contributed by atoms with Crippen LogP contribution in [0.2, 0.25) is 0 Å². The molecule has 0 unspecified atom stereocenters. The molecule has 0 bridgehead atoms. The van der Waals surface area contributed by atoms with Gasteiger partial charge in [0, 0.05) is 5.41 Å². The topological polar surface area (TPSA) is 104 Å². The monoisotopic (exact) mass is 296 g/mol. The Hall–Kier alpha value is -2.36. The molecule has 0 amide bonds. The zero-order valence-electron chi connectivity index (χ0n) is 12.8. The minimum absolute atomic E-state index is 0.183. The van der Waals surface area contributed by atoms with Crippen LogP contribution in [0.15, 0.2) is 36.4 Å². The summed E-state index contributed by atoms with van der Waals surface area (Å²) in [4.78, 5) is 0. The van der Waals surface area contributed by atoms with E-state index >= 15 is 0 Å². The average Bonchev–Trinajstić information content (AvgIpc) is 2.53. The summed E-state index contributed by atoms with van der Waals surface area (Å²) in [5, 5.41) is 0.